The number of hydrogen-bond acceptors (Lipinski definition) is 8. The monoisotopic (exact) mass is 427 g/mol. The Hall–Kier alpha value is -2.79. The summed E-state index contributed by atoms with van der Waals surface area (Å²) in [6.07, 6.45) is 0. The van der Waals surface area contributed by atoms with Gasteiger partial charge in [0.2, 0.25) is 21.7 Å². The van der Waals surface area contributed by atoms with Crippen molar-refractivity contribution < 1.29 is 31.9 Å². The van der Waals surface area contributed by atoms with Gasteiger partial charge in [0.1, 0.15) is 10.6 Å². The number of methoxy groups -OCH3 is 3. The summed E-state index contributed by atoms with van der Waals surface area (Å²) in [5, 5.41) is 6.31. The van der Waals surface area contributed by atoms with Crippen LogP contribution in [0.25, 0.3) is 0 Å². The zero-order chi connectivity index (χ0) is 21.8. The summed E-state index contributed by atoms with van der Waals surface area (Å²) < 4.78 is 48.1. The third-order valence-corrected chi connectivity index (χ3v) is 5.94. The van der Waals surface area contributed by atoms with Gasteiger partial charge < -0.3 is 24.1 Å². The summed E-state index contributed by atoms with van der Waals surface area (Å²) in [5.74, 6) is 0.978. The average Bonchev–Trinajstić information content (AvgIpc) is 3.03. The van der Waals surface area contributed by atoms with Crippen LogP contribution >= 0.6 is 0 Å². The maximum absolute atomic E-state index is 12.5. The summed E-state index contributed by atoms with van der Waals surface area (Å²) in [7, 11) is 0.518. The van der Waals surface area contributed by atoms with Gasteiger partial charge in [0.15, 0.2) is 17.3 Å². The highest BCUT2D eigenvalue weighted by atomic mass is 32.2. The van der Waals surface area contributed by atoms with Crippen molar-refractivity contribution >= 4 is 15.9 Å². The number of carbonyl (C=O) groups excluding carboxylic acids is 1. The predicted molar refractivity (Wildman–Crippen MR) is 104 cm³/mol. The van der Waals surface area contributed by atoms with Crippen molar-refractivity contribution in [3.63, 3.8) is 0 Å². The first-order valence-corrected chi connectivity index (χ1v) is 10.1. The SMILES string of the molecule is COc1cc(CNC(=O)[C@H](C)NS(=O)(=O)c2c(C)noc2C)cc(OC)c1OC. The molecule has 0 spiro atoms. The van der Waals surface area contributed by atoms with Crippen molar-refractivity contribution in [2.45, 2.75) is 38.3 Å². The molecule has 1 amide bonds. The second kappa shape index (κ2) is 9.14. The van der Waals surface area contributed by atoms with Crippen LogP contribution in [-0.4, -0.2) is 46.9 Å². The van der Waals surface area contributed by atoms with E-state index in [1.54, 1.807) is 12.1 Å². The molecule has 0 unspecified atom stereocenters. The number of aromatic nitrogens is 1. The van der Waals surface area contributed by atoms with Crippen LogP contribution in [0.4, 0.5) is 0 Å². The molecule has 0 saturated carbocycles. The summed E-state index contributed by atoms with van der Waals surface area (Å²) in [6, 6.07) is 2.37. The number of sulfonamides is 1. The fourth-order valence-corrected chi connectivity index (χ4v) is 4.32. The second-order valence-electron chi connectivity index (χ2n) is 6.25. The van der Waals surface area contributed by atoms with E-state index < -0.39 is 22.0 Å². The summed E-state index contributed by atoms with van der Waals surface area (Å²) >= 11 is 0. The largest absolute Gasteiger partial charge is 0.493 e. The van der Waals surface area contributed by atoms with Gasteiger partial charge in [-0.05, 0) is 38.5 Å². The molecule has 0 bridgehead atoms. The quantitative estimate of drug-likeness (QED) is 0.613. The fraction of sp³-hybridized carbons (Fsp3) is 0.444. The molecule has 0 aliphatic heterocycles. The van der Waals surface area contributed by atoms with Crippen LogP contribution in [-0.2, 0) is 21.4 Å². The van der Waals surface area contributed by atoms with Gasteiger partial charge in [-0.1, -0.05) is 5.16 Å². The summed E-state index contributed by atoms with van der Waals surface area (Å²) in [6.45, 7) is 4.58. The molecule has 160 valence electrons. The molecule has 0 fully saturated rings. The first kappa shape index (κ1) is 22.5. The lowest BCUT2D eigenvalue weighted by molar-refractivity contribution is -0.122. The Kier molecular flexibility index (Phi) is 7.09. The Morgan fingerprint density at radius 1 is 1.14 bits per heavy atom. The molecule has 1 aromatic heterocycles. The van der Waals surface area contributed by atoms with Crippen LogP contribution in [0.2, 0.25) is 0 Å². The van der Waals surface area contributed by atoms with Crippen LogP contribution in [0.15, 0.2) is 21.6 Å². The van der Waals surface area contributed by atoms with Crippen molar-refractivity contribution in [1.82, 2.24) is 15.2 Å². The zero-order valence-electron chi connectivity index (χ0n) is 17.2. The topological polar surface area (TPSA) is 129 Å². The van der Waals surface area contributed by atoms with Crippen molar-refractivity contribution in [2.75, 3.05) is 21.3 Å². The Morgan fingerprint density at radius 2 is 1.72 bits per heavy atom. The van der Waals surface area contributed by atoms with Crippen LogP contribution in [0.3, 0.4) is 0 Å². The highest BCUT2D eigenvalue weighted by molar-refractivity contribution is 7.89. The standard InChI is InChI=1S/C18H25N3O7S/c1-10-17(12(3)28-20-10)29(23,24)21-11(2)18(22)19-9-13-7-14(25-4)16(27-6)15(8-13)26-5/h7-8,11,21H,9H2,1-6H3,(H,19,22)/t11-/m0/s1. The van der Waals surface area contributed by atoms with Gasteiger partial charge in [0.05, 0.1) is 27.4 Å². The molecular formula is C18H25N3O7S. The summed E-state index contributed by atoms with van der Waals surface area (Å²) in [4.78, 5) is 12.3. The van der Waals surface area contributed by atoms with Gasteiger partial charge in [0, 0.05) is 6.54 Å². The first-order valence-electron chi connectivity index (χ1n) is 8.66. The number of carbonyl (C=O) groups is 1. The van der Waals surface area contributed by atoms with E-state index in [9.17, 15) is 13.2 Å². The maximum Gasteiger partial charge on any atom is 0.246 e. The molecule has 2 N–H and O–H groups in total. The number of ether oxygens (including phenoxy) is 3. The van der Waals surface area contributed by atoms with E-state index in [0.717, 1.165) is 0 Å². The van der Waals surface area contributed by atoms with Gasteiger partial charge in [-0.2, -0.15) is 4.72 Å². The number of rotatable bonds is 9. The van der Waals surface area contributed by atoms with Gasteiger partial charge in [-0.3, -0.25) is 4.79 Å². The van der Waals surface area contributed by atoms with Crippen LogP contribution in [0, 0.1) is 13.8 Å². The second-order valence-corrected chi connectivity index (χ2v) is 7.90. The van der Waals surface area contributed by atoms with Gasteiger partial charge in [0.25, 0.3) is 0 Å². The van der Waals surface area contributed by atoms with Crippen molar-refractivity contribution in [3.05, 3.63) is 29.2 Å². The lowest BCUT2D eigenvalue weighted by Crippen LogP contribution is -2.44. The van der Waals surface area contributed by atoms with Gasteiger partial charge >= 0.3 is 0 Å². The van der Waals surface area contributed by atoms with E-state index >= 15 is 0 Å². The van der Waals surface area contributed by atoms with E-state index in [4.69, 9.17) is 18.7 Å². The number of aryl methyl sites for hydroxylation is 2. The normalized spacial score (nSPS) is 12.3. The number of benzene rings is 1. The third kappa shape index (κ3) is 4.98. The van der Waals surface area contributed by atoms with Crippen molar-refractivity contribution in [2.24, 2.45) is 0 Å². The average molecular weight is 427 g/mol. The highest BCUT2D eigenvalue weighted by Crippen LogP contribution is 2.38. The smallest absolute Gasteiger partial charge is 0.246 e. The third-order valence-electron chi connectivity index (χ3n) is 4.15. The number of hydrogen-bond donors (Lipinski definition) is 2. The molecule has 0 saturated heterocycles. The zero-order valence-corrected chi connectivity index (χ0v) is 18.0. The Balaban J connectivity index is 2.09. The van der Waals surface area contributed by atoms with E-state index in [-0.39, 0.29) is 22.9 Å². The van der Waals surface area contributed by atoms with E-state index in [2.05, 4.69) is 15.2 Å². The molecule has 2 aromatic rings. The minimum atomic E-state index is -3.96. The Morgan fingerprint density at radius 3 is 2.17 bits per heavy atom. The fourth-order valence-electron chi connectivity index (χ4n) is 2.78. The minimum Gasteiger partial charge on any atom is -0.493 e. The van der Waals surface area contributed by atoms with Crippen molar-refractivity contribution in [3.8, 4) is 17.2 Å². The molecule has 0 radical (unpaired) electrons. The number of nitrogens with zero attached hydrogens (tertiary/aromatic N) is 1. The predicted octanol–water partition coefficient (Wildman–Crippen LogP) is 1.30. The van der Waals surface area contributed by atoms with E-state index in [1.165, 1.54) is 42.1 Å². The molecule has 1 heterocycles. The van der Waals surface area contributed by atoms with E-state index in [1.807, 2.05) is 0 Å². The molecule has 0 aliphatic rings. The summed E-state index contributed by atoms with van der Waals surface area (Å²) in [5.41, 5.74) is 0.911. The molecular weight excluding hydrogens is 402 g/mol. The van der Waals surface area contributed by atoms with Crippen molar-refractivity contribution in [1.29, 1.82) is 0 Å². The highest BCUT2D eigenvalue weighted by Gasteiger charge is 2.28. The van der Waals surface area contributed by atoms with Gasteiger partial charge in [-0.25, -0.2) is 8.42 Å². The number of amides is 1. The molecule has 11 heteroatoms. The maximum atomic E-state index is 12.5. The lowest BCUT2D eigenvalue weighted by Gasteiger charge is -2.16. The number of nitrogens with one attached hydrogen (secondary N) is 2. The molecule has 1 atom stereocenters. The lowest BCUT2D eigenvalue weighted by atomic mass is 10.1. The molecule has 0 aliphatic carbocycles. The van der Waals surface area contributed by atoms with Gasteiger partial charge in [-0.15, -0.1) is 0 Å². The Labute approximate surface area is 169 Å². The Bertz CT molecular complexity index is 941. The minimum absolute atomic E-state index is 0.0678. The van der Waals surface area contributed by atoms with Crippen LogP contribution in [0.1, 0.15) is 23.9 Å². The molecule has 2 rings (SSSR count). The molecule has 1 aromatic carbocycles. The first-order chi connectivity index (χ1) is 13.6. The molecule has 29 heavy (non-hydrogen) atoms. The van der Waals surface area contributed by atoms with Crippen LogP contribution in [0.5, 0.6) is 17.2 Å². The van der Waals surface area contributed by atoms with E-state index in [0.29, 0.717) is 22.8 Å². The molecule has 10 nitrogen and oxygen atoms in total. The van der Waals surface area contributed by atoms with Crippen LogP contribution < -0.4 is 24.2 Å².